The van der Waals surface area contributed by atoms with Gasteiger partial charge in [-0.1, -0.05) is 0 Å². The van der Waals surface area contributed by atoms with Crippen molar-refractivity contribution in [2.75, 3.05) is 0 Å². The Morgan fingerprint density at radius 3 is 1.25 bits per heavy atom. The zero-order valence-corrected chi connectivity index (χ0v) is 9.72. The molecule has 0 N–H and O–H groups in total. The minimum Gasteiger partial charge on any atom is -0.206 e. The van der Waals surface area contributed by atoms with E-state index >= 15 is 0 Å². The van der Waals surface area contributed by atoms with Crippen LogP contribution in [0.3, 0.4) is 0 Å². The van der Waals surface area contributed by atoms with E-state index in [1.807, 2.05) is 0 Å². The van der Waals surface area contributed by atoms with Crippen LogP contribution in [0.15, 0.2) is 24.3 Å². The molecule has 98 valence electrons. The summed E-state index contributed by atoms with van der Waals surface area (Å²) in [5, 5.41) is 17.1. The van der Waals surface area contributed by atoms with Crippen molar-refractivity contribution < 1.29 is 17.6 Å². The Balaban J connectivity index is 2.70. The number of rotatable bonds is 1. The standard InChI is InChI=1S/C14H4F4N2/c15-11-3-9(13(17)1-7(11)5-19)10-4-12(16)8(6-20)2-14(10)18/h1-4H. The van der Waals surface area contributed by atoms with Gasteiger partial charge in [-0.25, -0.2) is 17.6 Å². The second-order valence-corrected chi connectivity index (χ2v) is 3.85. The highest BCUT2D eigenvalue weighted by Gasteiger charge is 2.17. The first kappa shape index (κ1) is 13.6. The van der Waals surface area contributed by atoms with Crippen LogP contribution < -0.4 is 0 Å². The third-order valence-corrected chi connectivity index (χ3v) is 2.64. The third kappa shape index (κ3) is 2.19. The summed E-state index contributed by atoms with van der Waals surface area (Å²) in [4.78, 5) is 0. The molecular weight excluding hydrogens is 272 g/mol. The van der Waals surface area contributed by atoms with E-state index in [9.17, 15) is 17.6 Å². The van der Waals surface area contributed by atoms with Crippen LogP contribution in [-0.4, -0.2) is 0 Å². The maximum Gasteiger partial charge on any atom is 0.141 e. The molecule has 6 heteroatoms. The summed E-state index contributed by atoms with van der Waals surface area (Å²) in [7, 11) is 0. The Morgan fingerprint density at radius 2 is 0.950 bits per heavy atom. The number of hydrogen-bond acceptors (Lipinski definition) is 2. The van der Waals surface area contributed by atoms with E-state index in [1.165, 1.54) is 12.1 Å². The largest absolute Gasteiger partial charge is 0.206 e. The molecule has 0 aliphatic rings. The van der Waals surface area contributed by atoms with Gasteiger partial charge in [0.2, 0.25) is 0 Å². The Morgan fingerprint density at radius 1 is 0.600 bits per heavy atom. The van der Waals surface area contributed by atoms with E-state index in [0.717, 1.165) is 0 Å². The fourth-order valence-electron chi connectivity index (χ4n) is 1.68. The molecule has 0 saturated heterocycles. The molecule has 0 saturated carbocycles. The number of benzene rings is 2. The lowest BCUT2D eigenvalue weighted by molar-refractivity contribution is 0.587. The smallest absolute Gasteiger partial charge is 0.141 e. The van der Waals surface area contributed by atoms with Crippen molar-refractivity contribution in [2.24, 2.45) is 0 Å². The molecule has 0 spiro atoms. The number of nitriles is 2. The minimum atomic E-state index is -1.06. The topological polar surface area (TPSA) is 47.6 Å². The number of hydrogen-bond donors (Lipinski definition) is 0. The molecule has 0 radical (unpaired) electrons. The lowest BCUT2D eigenvalue weighted by Crippen LogP contribution is -1.96. The summed E-state index contributed by atoms with van der Waals surface area (Å²) in [5.74, 6) is -4.22. The van der Waals surface area contributed by atoms with Crippen LogP contribution in [-0.2, 0) is 0 Å². The van der Waals surface area contributed by atoms with Crippen LogP contribution in [0.2, 0.25) is 0 Å². The normalized spacial score (nSPS) is 9.90. The second kappa shape index (κ2) is 5.02. The lowest BCUT2D eigenvalue weighted by Gasteiger charge is -2.07. The minimum absolute atomic E-state index is 0.526. The number of nitrogens with zero attached hydrogens (tertiary/aromatic N) is 2. The lowest BCUT2D eigenvalue weighted by atomic mass is 10.0. The van der Waals surface area contributed by atoms with Gasteiger partial charge in [0.15, 0.2) is 0 Å². The molecule has 2 aromatic carbocycles. The van der Waals surface area contributed by atoms with Gasteiger partial charge in [-0.05, 0) is 24.3 Å². The van der Waals surface area contributed by atoms with Crippen LogP contribution in [0.25, 0.3) is 11.1 Å². The molecule has 0 bridgehead atoms. The Hall–Kier alpha value is -2.86. The van der Waals surface area contributed by atoms with Gasteiger partial charge in [-0.3, -0.25) is 0 Å². The molecule has 0 fully saturated rings. The van der Waals surface area contributed by atoms with Crippen LogP contribution in [0.1, 0.15) is 11.1 Å². The summed E-state index contributed by atoms with van der Waals surface area (Å²) in [6.07, 6.45) is 0. The van der Waals surface area contributed by atoms with E-state index in [4.69, 9.17) is 10.5 Å². The molecule has 0 heterocycles. The SMILES string of the molecule is N#Cc1cc(F)c(-c2cc(F)c(C#N)cc2F)cc1F. The molecule has 2 nitrogen and oxygen atoms in total. The van der Waals surface area contributed by atoms with Crippen molar-refractivity contribution in [1.29, 1.82) is 10.5 Å². The van der Waals surface area contributed by atoms with Crippen molar-refractivity contribution in [3.05, 3.63) is 58.7 Å². The molecule has 2 aromatic rings. The fraction of sp³-hybridized carbons (Fsp3) is 0. The first-order valence-corrected chi connectivity index (χ1v) is 5.26. The molecule has 0 atom stereocenters. The van der Waals surface area contributed by atoms with Crippen molar-refractivity contribution in [1.82, 2.24) is 0 Å². The highest BCUT2D eigenvalue weighted by atomic mass is 19.1. The van der Waals surface area contributed by atoms with Gasteiger partial charge in [0.1, 0.15) is 35.4 Å². The highest BCUT2D eigenvalue weighted by Crippen LogP contribution is 2.29. The van der Waals surface area contributed by atoms with Gasteiger partial charge < -0.3 is 0 Å². The van der Waals surface area contributed by atoms with Crippen LogP contribution >= 0.6 is 0 Å². The molecule has 0 aromatic heterocycles. The van der Waals surface area contributed by atoms with Crippen molar-refractivity contribution in [3.63, 3.8) is 0 Å². The number of halogens is 4. The molecule has 20 heavy (non-hydrogen) atoms. The van der Waals surface area contributed by atoms with Crippen molar-refractivity contribution in [2.45, 2.75) is 0 Å². The Kier molecular flexibility index (Phi) is 3.41. The predicted molar refractivity (Wildman–Crippen MR) is 61.1 cm³/mol. The fourth-order valence-corrected chi connectivity index (χ4v) is 1.68. The van der Waals surface area contributed by atoms with E-state index in [0.29, 0.717) is 24.3 Å². The predicted octanol–water partition coefficient (Wildman–Crippen LogP) is 3.65. The summed E-state index contributed by atoms with van der Waals surface area (Å²) in [5.41, 5.74) is -2.13. The molecule has 0 amide bonds. The third-order valence-electron chi connectivity index (χ3n) is 2.64. The van der Waals surface area contributed by atoms with Gasteiger partial charge in [0.25, 0.3) is 0 Å². The van der Waals surface area contributed by atoms with Gasteiger partial charge >= 0.3 is 0 Å². The second-order valence-electron chi connectivity index (χ2n) is 3.85. The van der Waals surface area contributed by atoms with Crippen LogP contribution in [0, 0.1) is 45.9 Å². The highest BCUT2D eigenvalue weighted by molar-refractivity contribution is 5.67. The van der Waals surface area contributed by atoms with Crippen molar-refractivity contribution in [3.8, 4) is 23.3 Å². The quantitative estimate of drug-likeness (QED) is 0.746. The maximum absolute atomic E-state index is 13.7. The summed E-state index contributed by atoms with van der Waals surface area (Å²) < 4.78 is 54.3. The van der Waals surface area contributed by atoms with Gasteiger partial charge in [0, 0.05) is 11.1 Å². The molecular formula is C14H4F4N2. The first-order valence-electron chi connectivity index (χ1n) is 5.26. The zero-order chi connectivity index (χ0) is 14.9. The average molecular weight is 276 g/mol. The Labute approximate surface area is 111 Å². The maximum atomic E-state index is 13.7. The van der Waals surface area contributed by atoms with Gasteiger partial charge in [-0.2, -0.15) is 10.5 Å². The first-order chi connectivity index (χ1) is 9.47. The van der Waals surface area contributed by atoms with E-state index < -0.39 is 45.5 Å². The summed E-state index contributed by atoms with van der Waals surface area (Å²) in [6.45, 7) is 0. The molecule has 0 aliphatic heterocycles. The van der Waals surface area contributed by atoms with E-state index in [-0.39, 0.29) is 0 Å². The van der Waals surface area contributed by atoms with Gasteiger partial charge in [0.05, 0.1) is 11.1 Å². The van der Waals surface area contributed by atoms with Crippen LogP contribution in [0.5, 0.6) is 0 Å². The van der Waals surface area contributed by atoms with Crippen molar-refractivity contribution >= 4 is 0 Å². The summed E-state index contributed by atoms with van der Waals surface area (Å²) >= 11 is 0. The molecule has 0 aliphatic carbocycles. The van der Waals surface area contributed by atoms with E-state index in [1.54, 1.807) is 0 Å². The zero-order valence-electron chi connectivity index (χ0n) is 9.72. The van der Waals surface area contributed by atoms with Gasteiger partial charge in [-0.15, -0.1) is 0 Å². The average Bonchev–Trinajstić information content (AvgIpc) is 2.43. The van der Waals surface area contributed by atoms with E-state index in [2.05, 4.69) is 0 Å². The summed E-state index contributed by atoms with van der Waals surface area (Å²) in [6, 6.07) is 5.28. The van der Waals surface area contributed by atoms with Crippen LogP contribution in [0.4, 0.5) is 17.6 Å². The molecule has 0 unspecified atom stereocenters. The Bertz CT molecular complexity index is 718. The monoisotopic (exact) mass is 276 g/mol. The molecule has 2 rings (SSSR count).